The zero-order chi connectivity index (χ0) is 57.5. The molecule has 1 aliphatic rings. The summed E-state index contributed by atoms with van der Waals surface area (Å²) in [6.07, 6.45) is 61.0. The van der Waals surface area contributed by atoms with Gasteiger partial charge in [-0.05, 0) is 38.5 Å². The van der Waals surface area contributed by atoms with Crippen LogP contribution in [0.2, 0.25) is 0 Å². The number of hydrogen-bond acceptors (Lipinski definition) is 10. The van der Waals surface area contributed by atoms with Crippen molar-refractivity contribution in [3.8, 4) is 0 Å². The average molecular weight is 1140 g/mol. The molecule has 13 heteroatoms. The molecule has 0 aromatic heterocycles. The van der Waals surface area contributed by atoms with Crippen molar-refractivity contribution in [1.82, 2.24) is 5.32 Å². The van der Waals surface area contributed by atoms with Gasteiger partial charge in [0, 0.05) is 6.42 Å². The molecule has 7 unspecified atom stereocenters. The number of amides is 1. The molecule has 0 saturated carbocycles. The topological polar surface area (TPSA) is 192 Å². The van der Waals surface area contributed by atoms with E-state index in [1.807, 2.05) is 0 Å². The maximum Gasteiger partial charge on any atom is 0.397 e. The minimum Gasteiger partial charge on any atom is -0.394 e. The van der Waals surface area contributed by atoms with Gasteiger partial charge in [0.05, 0.1) is 25.4 Å². The van der Waals surface area contributed by atoms with Crippen LogP contribution in [0.3, 0.4) is 0 Å². The van der Waals surface area contributed by atoms with E-state index < -0.39 is 59.9 Å². The molecule has 0 aromatic carbocycles. The first kappa shape index (κ1) is 75.9. The van der Waals surface area contributed by atoms with Crippen LogP contribution in [0.1, 0.15) is 348 Å². The van der Waals surface area contributed by atoms with Crippen molar-refractivity contribution in [1.29, 1.82) is 0 Å². The summed E-state index contributed by atoms with van der Waals surface area (Å²) in [5.74, 6) is -0.222. The highest BCUT2D eigenvalue weighted by Crippen LogP contribution is 2.27. The molecule has 0 aromatic rings. The molecule has 0 radical (unpaired) electrons. The van der Waals surface area contributed by atoms with Crippen LogP contribution >= 0.6 is 0 Å². The van der Waals surface area contributed by atoms with E-state index in [4.69, 9.17) is 9.47 Å². The van der Waals surface area contributed by atoms with Crippen LogP contribution in [0.25, 0.3) is 0 Å². The van der Waals surface area contributed by atoms with Crippen molar-refractivity contribution in [2.24, 2.45) is 0 Å². The molecule has 0 bridgehead atoms. The molecule has 0 aliphatic carbocycles. The molecule has 1 saturated heterocycles. The minimum atomic E-state index is -5.08. The zero-order valence-electron chi connectivity index (χ0n) is 51.5. The smallest absolute Gasteiger partial charge is 0.394 e. The Labute approximate surface area is 487 Å². The molecule has 470 valence electrons. The third-order valence-electron chi connectivity index (χ3n) is 16.6. The van der Waals surface area contributed by atoms with Crippen LogP contribution in [0.5, 0.6) is 0 Å². The van der Waals surface area contributed by atoms with E-state index in [0.29, 0.717) is 12.8 Å². The summed E-state index contributed by atoms with van der Waals surface area (Å²) in [6, 6.07) is -0.856. The van der Waals surface area contributed by atoms with E-state index in [-0.39, 0.29) is 12.5 Å². The number of aliphatic hydroxyl groups excluding tert-OH is 4. The molecular formula is C66H129NO11S. The number of nitrogens with one attached hydrogen (secondary N) is 1. The van der Waals surface area contributed by atoms with Crippen LogP contribution in [0.15, 0.2) is 12.2 Å². The van der Waals surface area contributed by atoms with Crippen molar-refractivity contribution in [3.63, 3.8) is 0 Å². The fourth-order valence-corrected chi connectivity index (χ4v) is 11.9. The first-order valence-corrected chi connectivity index (χ1v) is 35.4. The van der Waals surface area contributed by atoms with Crippen LogP contribution < -0.4 is 5.32 Å². The summed E-state index contributed by atoms with van der Waals surface area (Å²) < 4.78 is 48.1. The van der Waals surface area contributed by atoms with Crippen LogP contribution in [0, 0.1) is 0 Å². The van der Waals surface area contributed by atoms with E-state index in [1.165, 1.54) is 270 Å². The highest BCUT2D eigenvalue weighted by molar-refractivity contribution is 7.80. The van der Waals surface area contributed by atoms with E-state index >= 15 is 0 Å². The lowest BCUT2D eigenvalue weighted by molar-refractivity contribution is -0.298. The fraction of sp³-hybridized carbons (Fsp3) is 0.955. The van der Waals surface area contributed by atoms with Crippen molar-refractivity contribution in [2.45, 2.75) is 391 Å². The number of rotatable bonds is 61. The molecule has 12 nitrogen and oxygen atoms in total. The van der Waals surface area contributed by atoms with Gasteiger partial charge in [-0.25, -0.2) is 4.18 Å². The second-order valence-electron chi connectivity index (χ2n) is 24.1. The number of carbonyl (C=O) groups is 1. The fourth-order valence-electron chi connectivity index (χ4n) is 11.3. The number of carbonyl (C=O) groups excluding carboxylic acids is 1. The van der Waals surface area contributed by atoms with Crippen LogP contribution in [-0.2, 0) is 28.9 Å². The van der Waals surface area contributed by atoms with Gasteiger partial charge in [-0.2, -0.15) is 8.42 Å². The Morgan fingerprint density at radius 2 is 0.810 bits per heavy atom. The quantitative estimate of drug-likeness (QED) is 0.0193. The standard InChI is InChI=1S/C66H129NO11S/c1-3-5-7-9-11-13-15-17-19-21-23-25-26-27-28-29-30-31-32-33-34-35-36-38-40-42-44-46-48-50-52-54-56-62(70)67-59(58-76-66-64(72)65(78-79(73,74)75)63(71)61(57-68)77-66)60(69)55-53-51-49-47-45-43-41-39-37-24-22-20-18-16-14-12-10-8-6-4-2/h27-28,59-61,63-66,68-69,71-72H,3-26,29-58H2,1-2H3,(H,67,70)(H,73,74,75)/b28-27-. The highest BCUT2D eigenvalue weighted by Gasteiger charge is 2.48. The number of unbranched alkanes of at least 4 members (excludes halogenated alkanes) is 47. The SMILES string of the molecule is CCCCCCCCCCCCCC/C=C\CCCCCCCCCCCCCCCCCCC(=O)NC(COC1OC(CO)C(O)C(OS(=O)(=O)O)C1O)C(O)CCCCCCCCCCCCCCCCCCCCCC. The Bertz CT molecular complexity index is 1440. The molecule has 1 heterocycles. The van der Waals surface area contributed by atoms with Crippen LogP contribution in [-0.4, -0.2) is 95.4 Å². The number of ether oxygens (including phenoxy) is 2. The Kier molecular flexibility index (Phi) is 53.8. The van der Waals surface area contributed by atoms with Gasteiger partial charge >= 0.3 is 10.4 Å². The number of aliphatic hydroxyl groups is 4. The van der Waals surface area contributed by atoms with Crippen LogP contribution in [0.4, 0.5) is 0 Å². The second kappa shape index (κ2) is 56.0. The Morgan fingerprint density at radius 3 is 1.14 bits per heavy atom. The van der Waals surface area contributed by atoms with E-state index in [2.05, 4.69) is 35.5 Å². The third-order valence-corrected chi connectivity index (χ3v) is 17.0. The second-order valence-corrected chi connectivity index (χ2v) is 25.2. The summed E-state index contributed by atoms with van der Waals surface area (Å²) in [4.78, 5) is 13.2. The molecular weight excluding hydrogens is 1010 g/mol. The van der Waals surface area contributed by atoms with Gasteiger partial charge in [0.1, 0.15) is 24.4 Å². The predicted molar refractivity (Wildman–Crippen MR) is 329 cm³/mol. The lowest BCUT2D eigenvalue weighted by Crippen LogP contribution is -2.61. The summed E-state index contributed by atoms with van der Waals surface area (Å²) >= 11 is 0. The van der Waals surface area contributed by atoms with E-state index in [9.17, 15) is 38.2 Å². The summed E-state index contributed by atoms with van der Waals surface area (Å²) in [5.41, 5.74) is 0. The highest BCUT2D eigenvalue weighted by atomic mass is 32.3. The normalized spacial score (nSPS) is 18.7. The number of hydrogen-bond donors (Lipinski definition) is 6. The summed E-state index contributed by atoms with van der Waals surface area (Å²) in [5, 5.41) is 45.3. The molecule has 1 amide bonds. The maximum atomic E-state index is 13.2. The van der Waals surface area contributed by atoms with Crippen molar-refractivity contribution in [2.75, 3.05) is 13.2 Å². The number of allylic oxidation sites excluding steroid dienone is 2. The lowest BCUT2D eigenvalue weighted by atomic mass is 9.99. The lowest BCUT2D eigenvalue weighted by Gasteiger charge is -2.41. The minimum absolute atomic E-state index is 0.222. The summed E-state index contributed by atoms with van der Waals surface area (Å²) in [6.45, 7) is 3.52. The van der Waals surface area contributed by atoms with E-state index in [1.54, 1.807) is 0 Å². The first-order chi connectivity index (χ1) is 38.5. The maximum absolute atomic E-state index is 13.2. The zero-order valence-corrected chi connectivity index (χ0v) is 52.3. The van der Waals surface area contributed by atoms with Gasteiger partial charge in [0.2, 0.25) is 5.91 Å². The Morgan fingerprint density at radius 1 is 0.494 bits per heavy atom. The van der Waals surface area contributed by atoms with Gasteiger partial charge in [-0.15, -0.1) is 0 Å². The molecule has 1 fully saturated rings. The van der Waals surface area contributed by atoms with Gasteiger partial charge in [0.15, 0.2) is 6.29 Å². The molecule has 7 atom stereocenters. The largest absolute Gasteiger partial charge is 0.397 e. The Balaban J connectivity index is 2.22. The molecule has 79 heavy (non-hydrogen) atoms. The van der Waals surface area contributed by atoms with Crippen molar-refractivity contribution >= 4 is 16.3 Å². The van der Waals surface area contributed by atoms with Gasteiger partial charge < -0.3 is 35.2 Å². The molecule has 0 spiro atoms. The molecule has 6 N–H and O–H groups in total. The van der Waals surface area contributed by atoms with Gasteiger partial charge in [-0.1, -0.05) is 315 Å². The van der Waals surface area contributed by atoms with Gasteiger partial charge in [-0.3, -0.25) is 9.35 Å². The predicted octanol–water partition coefficient (Wildman–Crippen LogP) is 17.4. The molecule has 1 aliphatic heterocycles. The van der Waals surface area contributed by atoms with E-state index in [0.717, 1.165) is 51.4 Å². The first-order valence-electron chi connectivity index (χ1n) is 34.1. The third kappa shape index (κ3) is 47.8. The molecule has 1 rings (SSSR count). The summed E-state index contributed by atoms with van der Waals surface area (Å²) in [7, 11) is -5.08. The average Bonchev–Trinajstić information content (AvgIpc) is 3.44. The monoisotopic (exact) mass is 1140 g/mol. The van der Waals surface area contributed by atoms with Crippen molar-refractivity contribution in [3.05, 3.63) is 12.2 Å². The Hall–Kier alpha value is -1.16. The van der Waals surface area contributed by atoms with Gasteiger partial charge in [0.25, 0.3) is 0 Å². The van der Waals surface area contributed by atoms with Crippen molar-refractivity contribution < 1.29 is 51.8 Å².